The lowest BCUT2D eigenvalue weighted by Gasteiger charge is -1.94. The van der Waals surface area contributed by atoms with E-state index in [1.807, 2.05) is 0 Å². The van der Waals surface area contributed by atoms with E-state index in [0.717, 1.165) is 11.8 Å². The molecule has 1 nitrogen and oxygen atoms in total. The van der Waals surface area contributed by atoms with Crippen molar-refractivity contribution in [1.29, 1.82) is 0 Å². The van der Waals surface area contributed by atoms with E-state index < -0.39 is 0 Å². The molecular weight excluding hydrogens is 98.1 g/mol. The molecule has 1 heterocycles. The standard InChI is InChI=1S/C7H13N/c1-6-4-7(6)5-8-2-3-8/h6-7H,2-5H2,1H3. The second-order valence-electron chi connectivity index (χ2n) is 3.27. The summed E-state index contributed by atoms with van der Waals surface area (Å²) in [6.07, 6.45) is 1.50. The van der Waals surface area contributed by atoms with E-state index in [0.29, 0.717) is 0 Å². The van der Waals surface area contributed by atoms with E-state index >= 15 is 0 Å². The molecule has 2 atom stereocenters. The average Bonchev–Trinajstić information content (AvgIpc) is 2.52. The van der Waals surface area contributed by atoms with Crippen molar-refractivity contribution in [3.05, 3.63) is 0 Å². The van der Waals surface area contributed by atoms with Crippen molar-refractivity contribution in [2.24, 2.45) is 11.8 Å². The second-order valence-corrected chi connectivity index (χ2v) is 3.27. The van der Waals surface area contributed by atoms with Crippen molar-refractivity contribution in [2.45, 2.75) is 13.3 Å². The van der Waals surface area contributed by atoms with Crippen LogP contribution in [-0.4, -0.2) is 24.5 Å². The fraction of sp³-hybridized carbons (Fsp3) is 1.00. The summed E-state index contributed by atoms with van der Waals surface area (Å²) < 4.78 is 0. The van der Waals surface area contributed by atoms with Gasteiger partial charge in [-0.2, -0.15) is 0 Å². The third-order valence-electron chi connectivity index (χ3n) is 2.31. The van der Waals surface area contributed by atoms with Crippen molar-refractivity contribution < 1.29 is 0 Å². The number of rotatable bonds is 2. The Kier molecular flexibility index (Phi) is 0.884. The van der Waals surface area contributed by atoms with Crippen molar-refractivity contribution in [3.8, 4) is 0 Å². The molecule has 1 saturated carbocycles. The van der Waals surface area contributed by atoms with Crippen LogP contribution >= 0.6 is 0 Å². The van der Waals surface area contributed by atoms with Gasteiger partial charge in [0.2, 0.25) is 0 Å². The van der Waals surface area contributed by atoms with Gasteiger partial charge in [-0.05, 0) is 18.3 Å². The van der Waals surface area contributed by atoms with Gasteiger partial charge in [-0.25, -0.2) is 0 Å². The van der Waals surface area contributed by atoms with Gasteiger partial charge >= 0.3 is 0 Å². The molecular formula is C7H13N. The Balaban J connectivity index is 1.69. The maximum absolute atomic E-state index is 2.52. The molecule has 2 rings (SSSR count). The Morgan fingerprint density at radius 1 is 1.50 bits per heavy atom. The lowest BCUT2D eigenvalue weighted by Crippen LogP contribution is -2.01. The smallest absolute Gasteiger partial charge is 0.0110 e. The van der Waals surface area contributed by atoms with Gasteiger partial charge in [-0.15, -0.1) is 0 Å². The molecule has 1 aliphatic heterocycles. The normalized spacial score (nSPS) is 44.6. The fourth-order valence-electron chi connectivity index (χ4n) is 1.24. The summed E-state index contributed by atoms with van der Waals surface area (Å²) in [6, 6.07) is 0. The molecule has 0 aromatic rings. The van der Waals surface area contributed by atoms with Crippen LogP contribution in [0.5, 0.6) is 0 Å². The van der Waals surface area contributed by atoms with Crippen LogP contribution in [0.4, 0.5) is 0 Å². The summed E-state index contributed by atoms with van der Waals surface area (Å²) in [5.41, 5.74) is 0. The molecule has 46 valence electrons. The van der Waals surface area contributed by atoms with Gasteiger partial charge in [0.25, 0.3) is 0 Å². The SMILES string of the molecule is CC1CC1CN1CC1. The third kappa shape index (κ3) is 0.873. The minimum atomic E-state index is 1.05. The van der Waals surface area contributed by atoms with Crippen LogP contribution in [-0.2, 0) is 0 Å². The molecule has 1 aliphatic carbocycles. The molecule has 1 saturated heterocycles. The highest BCUT2D eigenvalue weighted by molar-refractivity contribution is 4.88. The molecule has 0 spiro atoms. The highest BCUT2D eigenvalue weighted by atomic mass is 15.3. The Morgan fingerprint density at radius 2 is 2.12 bits per heavy atom. The van der Waals surface area contributed by atoms with Gasteiger partial charge in [0.1, 0.15) is 0 Å². The molecule has 2 unspecified atom stereocenters. The third-order valence-corrected chi connectivity index (χ3v) is 2.31. The average molecular weight is 111 g/mol. The highest BCUT2D eigenvalue weighted by Gasteiger charge is 2.36. The summed E-state index contributed by atoms with van der Waals surface area (Å²) >= 11 is 0. The van der Waals surface area contributed by atoms with Crippen LogP contribution in [0.25, 0.3) is 0 Å². The van der Waals surface area contributed by atoms with E-state index in [9.17, 15) is 0 Å². The van der Waals surface area contributed by atoms with Gasteiger partial charge in [0.05, 0.1) is 0 Å². The summed E-state index contributed by atoms with van der Waals surface area (Å²) in [7, 11) is 0. The van der Waals surface area contributed by atoms with E-state index in [4.69, 9.17) is 0 Å². The number of nitrogens with zero attached hydrogens (tertiary/aromatic N) is 1. The van der Waals surface area contributed by atoms with Crippen molar-refractivity contribution in [1.82, 2.24) is 4.90 Å². The van der Waals surface area contributed by atoms with Crippen LogP contribution in [0.1, 0.15) is 13.3 Å². The first-order chi connectivity index (χ1) is 3.86. The predicted molar refractivity (Wildman–Crippen MR) is 33.7 cm³/mol. The molecule has 0 bridgehead atoms. The zero-order chi connectivity index (χ0) is 5.56. The Bertz CT molecular complexity index is 96.6. The quantitative estimate of drug-likeness (QED) is 0.480. The van der Waals surface area contributed by atoms with E-state index in [-0.39, 0.29) is 0 Å². The zero-order valence-electron chi connectivity index (χ0n) is 5.43. The topological polar surface area (TPSA) is 3.01 Å². The lowest BCUT2D eigenvalue weighted by molar-refractivity contribution is 0.504. The number of hydrogen-bond donors (Lipinski definition) is 0. The monoisotopic (exact) mass is 111 g/mol. The molecule has 0 aromatic carbocycles. The second kappa shape index (κ2) is 1.47. The minimum Gasteiger partial charge on any atom is -0.301 e. The maximum Gasteiger partial charge on any atom is 0.0110 e. The zero-order valence-corrected chi connectivity index (χ0v) is 5.43. The largest absolute Gasteiger partial charge is 0.301 e. The summed E-state index contributed by atoms with van der Waals surface area (Å²) in [6.45, 7) is 6.52. The van der Waals surface area contributed by atoms with Crippen LogP contribution in [0, 0.1) is 11.8 Å². The molecule has 0 N–H and O–H groups in total. The van der Waals surface area contributed by atoms with Crippen LogP contribution in [0.15, 0.2) is 0 Å². The lowest BCUT2D eigenvalue weighted by atomic mass is 10.3. The van der Waals surface area contributed by atoms with Crippen molar-refractivity contribution >= 4 is 0 Å². The van der Waals surface area contributed by atoms with Gasteiger partial charge in [0, 0.05) is 19.6 Å². The van der Waals surface area contributed by atoms with Crippen molar-refractivity contribution in [2.75, 3.05) is 19.6 Å². The highest BCUT2D eigenvalue weighted by Crippen LogP contribution is 2.39. The van der Waals surface area contributed by atoms with Crippen LogP contribution in [0.2, 0.25) is 0 Å². The minimum absolute atomic E-state index is 1.05. The Morgan fingerprint density at radius 3 is 2.50 bits per heavy atom. The molecule has 0 amide bonds. The molecule has 2 fully saturated rings. The van der Waals surface area contributed by atoms with Crippen LogP contribution in [0.3, 0.4) is 0 Å². The molecule has 2 aliphatic rings. The fourth-order valence-corrected chi connectivity index (χ4v) is 1.24. The van der Waals surface area contributed by atoms with E-state index in [1.165, 1.54) is 26.1 Å². The first-order valence-corrected chi connectivity index (χ1v) is 3.58. The number of hydrogen-bond acceptors (Lipinski definition) is 1. The molecule has 1 heteroatoms. The summed E-state index contributed by atoms with van der Waals surface area (Å²) in [5, 5.41) is 0. The Labute approximate surface area is 50.7 Å². The maximum atomic E-state index is 2.52. The first-order valence-electron chi connectivity index (χ1n) is 3.58. The molecule has 8 heavy (non-hydrogen) atoms. The summed E-state index contributed by atoms with van der Waals surface area (Å²) in [4.78, 5) is 2.52. The Hall–Kier alpha value is -0.0400. The predicted octanol–water partition coefficient (Wildman–Crippen LogP) is 0.958. The first kappa shape index (κ1) is 4.80. The molecule has 0 radical (unpaired) electrons. The van der Waals surface area contributed by atoms with Gasteiger partial charge in [0.15, 0.2) is 0 Å². The van der Waals surface area contributed by atoms with Crippen LogP contribution < -0.4 is 0 Å². The summed E-state index contributed by atoms with van der Waals surface area (Å²) in [5.74, 6) is 2.13. The molecule has 0 aromatic heterocycles. The van der Waals surface area contributed by atoms with E-state index in [2.05, 4.69) is 11.8 Å². The van der Waals surface area contributed by atoms with Gasteiger partial charge in [-0.1, -0.05) is 6.92 Å². The van der Waals surface area contributed by atoms with E-state index in [1.54, 1.807) is 0 Å². The van der Waals surface area contributed by atoms with Gasteiger partial charge < -0.3 is 4.90 Å². The van der Waals surface area contributed by atoms with Gasteiger partial charge in [-0.3, -0.25) is 0 Å². The van der Waals surface area contributed by atoms with Crippen molar-refractivity contribution in [3.63, 3.8) is 0 Å².